The van der Waals surface area contributed by atoms with Crippen molar-refractivity contribution in [2.24, 2.45) is 0 Å². The summed E-state index contributed by atoms with van der Waals surface area (Å²) in [4.78, 5) is 33.2. The van der Waals surface area contributed by atoms with E-state index in [0.29, 0.717) is 0 Å². The van der Waals surface area contributed by atoms with Crippen molar-refractivity contribution in [1.29, 1.82) is 0 Å². The minimum Gasteiger partial charge on any atom is -0.466 e. The quantitative estimate of drug-likeness (QED) is 0.319. The number of hydrogen-bond donors (Lipinski definition) is 0. The molecule has 0 spiro atoms. The average molecular weight is 300 g/mol. The minimum atomic E-state index is -0.747. The summed E-state index contributed by atoms with van der Waals surface area (Å²) in [5, 5.41) is 0. The summed E-state index contributed by atoms with van der Waals surface area (Å²) in [6.45, 7) is -0.201. The molecular formula is C14H20O7. The molecule has 0 heterocycles. The molecule has 118 valence electrons. The fraction of sp³-hybridized carbons (Fsp3) is 0.643. The van der Waals surface area contributed by atoms with Crippen molar-refractivity contribution in [3.63, 3.8) is 0 Å². The van der Waals surface area contributed by atoms with Gasteiger partial charge in [0.1, 0.15) is 19.3 Å². The molecule has 0 bridgehead atoms. The van der Waals surface area contributed by atoms with Crippen LogP contribution in [-0.2, 0) is 28.5 Å². The third-order valence-corrected chi connectivity index (χ3v) is 2.92. The van der Waals surface area contributed by atoms with Gasteiger partial charge < -0.3 is 18.9 Å². The van der Waals surface area contributed by atoms with Crippen LogP contribution in [0.1, 0.15) is 32.1 Å². The Bertz CT molecular complexity index is 383. The van der Waals surface area contributed by atoms with Crippen molar-refractivity contribution < 1.29 is 33.3 Å². The molecule has 0 amide bonds. The van der Waals surface area contributed by atoms with Crippen LogP contribution in [0, 0.1) is 0 Å². The van der Waals surface area contributed by atoms with Crippen molar-refractivity contribution in [1.82, 2.24) is 0 Å². The van der Waals surface area contributed by atoms with Gasteiger partial charge in [-0.15, -0.1) is 0 Å². The van der Waals surface area contributed by atoms with Crippen molar-refractivity contribution >= 4 is 18.1 Å². The fourth-order valence-corrected chi connectivity index (χ4v) is 1.87. The van der Waals surface area contributed by atoms with Gasteiger partial charge in [0.2, 0.25) is 0 Å². The van der Waals surface area contributed by atoms with Gasteiger partial charge in [-0.3, -0.25) is 0 Å². The highest BCUT2D eigenvalue weighted by atomic mass is 16.7. The fourth-order valence-electron chi connectivity index (χ4n) is 1.87. The van der Waals surface area contributed by atoms with E-state index >= 15 is 0 Å². The molecule has 7 heteroatoms. The van der Waals surface area contributed by atoms with Crippen LogP contribution >= 0.6 is 0 Å². The highest BCUT2D eigenvalue weighted by molar-refractivity contribution is 5.91. The predicted molar refractivity (Wildman–Crippen MR) is 71.4 cm³/mol. The zero-order valence-electron chi connectivity index (χ0n) is 12.0. The molecule has 0 aliphatic heterocycles. The lowest BCUT2D eigenvalue weighted by Gasteiger charge is -2.21. The summed E-state index contributed by atoms with van der Waals surface area (Å²) >= 11 is 0. The maximum absolute atomic E-state index is 11.3. The van der Waals surface area contributed by atoms with Crippen molar-refractivity contribution in [3.8, 4) is 0 Å². The second-order valence-electron chi connectivity index (χ2n) is 4.50. The van der Waals surface area contributed by atoms with E-state index in [9.17, 15) is 14.4 Å². The third kappa shape index (κ3) is 7.96. The van der Waals surface area contributed by atoms with E-state index in [4.69, 9.17) is 14.2 Å². The summed E-state index contributed by atoms with van der Waals surface area (Å²) in [6.07, 6.45) is 6.07. The molecule has 0 aromatic carbocycles. The number of rotatable bonds is 6. The number of ether oxygens (including phenoxy) is 4. The van der Waals surface area contributed by atoms with E-state index < -0.39 is 18.1 Å². The van der Waals surface area contributed by atoms with Crippen LogP contribution in [0.15, 0.2) is 12.2 Å². The SMILES string of the molecule is COC(=O)/C=C/C(=O)OCCOC(=O)OC1CCCCC1. The molecule has 1 aliphatic carbocycles. The predicted octanol–water partition coefficient (Wildman–Crippen LogP) is 1.74. The Kier molecular flexibility index (Phi) is 7.93. The van der Waals surface area contributed by atoms with Gasteiger partial charge in [0.25, 0.3) is 0 Å². The molecule has 0 radical (unpaired) electrons. The zero-order chi connectivity index (χ0) is 15.5. The Balaban J connectivity index is 2.07. The topological polar surface area (TPSA) is 88.1 Å². The van der Waals surface area contributed by atoms with Gasteiger partial charge in [-0.2, -0.15) is 0 Å². The largest absolute Gasteiger partial charge is 0.508 e. The average Bonchev–Trinajstić information content (AvgIpc) is 2.50. The lowest BCUT2D eigenvalue weighted by Crippen LogP contribution is -2.22. The molecule has 0 atom stereocenters. The van der Waals surface area contributed by atoms with E-state index in [1.54, 1.807) is 0 Å². The van der Waals surface area contributed by atoms with Crippen LogP contribution in [0.5, 0.6) is 0 Å². The lowest BCUT2D eigenvalue weighted by atomic mass is 9.98. The van der Waals surface area contributed by atoms with Crippen LogP contribution in [0.4, 0.5) is 4.79 Å². The van der Waals surface area contributed by atoms with Crippen LogP contribution in [0.25, 0.3) is 0 Å². The van der Waals surface area contributed by atoms with E-state index in [1.807, 2.05) is 0 Å². The molecule has 0 N–H and O–H groups in total. The summed E-state index contributed by atoms with van der Waals surface area (Å²) in [7, 11) is 1.20. The van der Waals surface area contributed by atoms with Gasteiger partial charge in [0.05, 0.1) is 7.11 Å². The Morgan fingerprint density at radius 2 is 1.57 bits per heavy atom. The van der Waals surface area contributed by atoms with Gasteiger partial charge in [-0.05, 0) is 25.7 Å². The summed E-state index contributed by atoms with van der Waals surface area (Å²) in [5.41, 5.74) is 0. The van der Waals surface area contributed by atoms with Crippen LogP contribution in [-0.4, -0.2) is 44.5 Å². The highest BCUT2D eigenvalue weighted by Crippen LogP contribution is 2.20. The molecular weight excluding hydrogens is 280 g/mol. The minimum absolute atomic E-state index is 0.0724. The van der Waals surface area contributed by atoms with Gasteiger partial charge >= 0.3 is 18.1 Å². The van der Waals surface area contributed by atoms with Crippen LogP contribution in [0.3, 0.4) is 0 Å². The standard InChI is InChI=1S/C14H20O7/c1-18-12(15)7-8-13(16)19-9-10-20-14(17)21-11-5-3-2-4-6-11/h7-8,11H,2-6,9-10H2,1H3/b8-7+. The molecule has 1 fully saturated rings. The molecule has 1 saturated carbocycles. The second kappa shape index (κ2) is 9.79. The zero-order valence-corrected chi connectivity index (χ0v) is 12.0. The summed E-state index contributed by atoms with van der Waals surface area (Å²) < 4.78 is 18.9. The van der Waals surface area contributed by atoms with E-state index in [-0.39, 0.29) is 19.3 Å². The number of carbonyl (C=O) groups excluding carboxylic acids is 3. The van der Waals surface area contributed by atoms with Crippen molar-refractivity contribution in [3.05, 3.63) is 12.2 Å². The van der Waals surface area contributed by atoms with Gasteiger partial charge in [-0.1, -0.05) is 6.42 Å². The molecule has 0 aromatic heterocycles. The Hall–Kier alpha value is -2.05. The van der Waals surface area contributed by atoms with Crippen molar-refractivity contribution in [2.45, 2.75) is 38.2 Å². The third-order valence-electron chi connectivity index (χ3n) is 2.92. The highest BCUT2D eigenvalue weighted by Gasteiger charge is 2.18. The van der Waals surface area contributed by atoms with E-state index in [1.165, 1.54) is 13.5 Å². The summed E-state index contributed by atoms with van der Waals surface area (Å²) in [6, 6.07) is 0. The molecule has 0 saturated heterocycles. The molecule has 1 aliphatic rings. The lowest BCUT2D eigenvalue weighted by molar-refractivity contribution is -0.140. The van der Waals surface area contributed by atoms with Gasteiger partial charge in [0, 0.05) is 12.2 Å². The van der Waals surface area contributed by atoms with E-state index in [0.717, 1.165) is 37.8 Å². The molecule has 1 rings (SSSR count). The Morgan fingerprint density at radius 3 is 2.24 bits per heavy atom. The van der Waals surface area contributed by atoms with Gasteiger partial charge in [0.15, 0.2) is 0 Å². The molecule has 7 nitrogen and oxygen atoms in total. The van der Waals surface area contributed by atoms with E-state index in [2.05, 4.69) is 4.74 Å². The molecule has 21 heavy (non-hydrogen) atoms. The Morgan fingerprint density at radius 1 is 0.952 bits per heavy atom. The second-order valence-corrected chi connectivity index (χ2v) is 4.50. The first-order valence-corrected chi connectivity index (χ1v) is 6.88. The Labute approximate surface area is 123 Å². The number of methoxy groups -OCH3 is 1. The number of esters is 2. The normalized spacial score (nSPS) is 15.5. The maximum Gasteiger partial charge on any atom is 0.508 e. The first kappa shape index (κ1) is 17.0. The maximum atomic E-state index is 11.3. The number of hydrogen-bond acceptors (Lipinski definition) is 7. The van der Waals surface area contributed by atoms with Crippen LogP contribution < -0.4 is 0 Å². The smallest absolute Gasteiger partial charge is 0.466 e. The monoisotopic (exact) mass is 300 g/mol. The molecule has 0 aromatic rings. The van der Waals surface area contributed by atoms with Crippen molar-refractivity contribution in [2.75, 3.05) is 20.3 Å². The first-order chi connectivity index (χ1) is 10.1. The number of carbonyl (C=O) groups is 3. The van der Waals surface area contributed by atoms with Crippen LogP contribution in [0.2, 0.25) is 0 Å². The first-order valence-electron chi connectivity index (χ1n) is 6.88. The summed E-state index contributed by atoms with van der Waals surface area (Å²) in [5.74, 6) is -1.37. The van der Waals surface area contributed by atoms with Gasteiger partial charge in [-0.25, -0.2) is 14.4 Å². The molecule has 0 unspecified atom stereocenters.